The van der Waals surface area contributed by atoms with E-state index in [1.165, 1.54) is 25.4 Å². The zero-order valence-electron chi connectivity index (χ0n) is 10.6. The highest BCUT2D eigenvalue weighted by atomic mass is 35.5. The minimum atomic E-state index is -0.940. The lowest BCUT2D eigenvalue weighted by Gasteiger charge is -2.18. The van der Waals surface area contributed by atoms with Gasteiger partial charge < -0.3 is 4.74 Å². The molecule has 0 spiro atoms. The Labute approximate surface area is 128 Å². The summed E-state index contributed by atoms with van der Waals surface area (Å²) in [5, 5.41) is -0.484. The molecule has 0 saturated carbocycles. The fourth-order valence-corrected chi connectivity index (χ4v) is 3.60. The molecule has 106 valence electrons. The number of carbonyl (C=O) groups is 3. The molecular formula is C12H10ClNO4S2. The van der Waals surface area contributed by atoms with E-state index in [0.29, 0.717) is 4.34 Å². The van der Waals surface area contributed by atoms with Gasteiger partial charge in [-0.2, -0.15) is 0 Å². The standard InChI is InChI=1S/C12H10ClNO4S2/c1-6(11(16)18-2)14-10(15)8(20-12(14)17)5-7-3-4-9(13)19-7/h3-6H,1-2H3. The van der Waals surface area contributed by atoms with Crippen LogP contribution in [0.4, 0.5) is 4.79 Å². The van der Waals surface area contributed by atoms with Crippen molar-refractivity contribution < 1.29 is 19.1 Å². The molecule has 1 aromatic heterocycles. The number of ether oxygens (including phenoxy) is 1. The molecule has 1 saturated heterocycles. The third-order valence-corrected chi connectivity index (χ3v) is 4.68. The van der Waals surface area contributed by atoms with Gasteiger partial charge in [0.15, 0.2) is 0 Å². The first kappa shape index (κ1) is 15.1. The van der Waals surface area contributed by atoms with Crippen molar-refractivity contribution in [3.63, 3.8) is 0 Å². The molecule has 0 aromatic carbocycles. The van der Waals surface area contributed by atoms with Gasteiger partial charge in [-0.15, -0.1) is 11.3 Å². The van der Waals surface area contributed by atoms with Gasteiger partial charge in [0.2, 0.25) is 0 Å². The van der Waals surface area contributed by atoms with Crippen molar-refractivity contribution in [2.45, 2.75) is 13.0 Å². The Balaban J connectivity index is 2.25. The SMILES string of the molecule is COC(=O)C(C)N1C(=O)SC(=Cc2ccc(Cl)s2)C1=O. The van der Waals surface area contributed by atoms with E-state index in [9.17, 15) is 14.4 Å². The zero-order chi connectivity index (χ0) is 14.9. The first-order valence-corrected chi connectivity index (χ1v) is 7.55. The van der Waals surface area contributed by atoms with E-state index >= 15 is 0 Å². The highest BCUT2D eigenvalue weighted by Gasteiger charge is 2.41. The third kappa shape index (κ3) is 2.89. The van der Waals surface area contributed by atoms with Crippen LogP contribution in [0, 0.1) is 0 Å². The first-order valence-electron chi connectivity index (χ1n) is 5.54. The van der Waals surface area contributed by atoms with E-state index in [4.69, 9.17) is 11.6 Å². The summed E-state index contributed by atoms with van der Waals surface area (Å²) in [5.41, 5.74) is 0. The number of hydrogen-bond donors (Lipinski definition) is 0. The number of nitrogens with zero attached hydrogens (tertiary/aromatic N) is 1. The Bertz CT molecular complexity index is 610. The molecule has 1 fully saturated rings. The maximum atomic E-state index is 12.2. The Morgan fingerprint density at radius 2 is 2.15 bits per heavy atom. The first-order chi connectivity index (χ1) is 9.43. The number of halogens is 1. The summed E-state index contributed by atoms with van der Waals surface area (Å²) in [7, 11) is 1.21. The van der Waals surface area contributed by atoms with Crippen LogP contribution in [0.1, 0.15) is 11.8 Å². The normalized spacial score (nSPS) is 18.8. The van der Waals surface area contributed by atoms with Crippen molar-refractivity contribution in [2.24, 2.45) is 0 Å². The number of methoxy groups -OCH3 is 1. The second kappa shape index (κ2) is 5.99. The zero-order valence-corrected chi connectivity index (χ0v) is 13.0. The number of amides is 2. The third-order valence-electron chi connectivity index (χ3n) is 2.62. The topological polar surface area (TPSA) is 63.7 Å². The maximum Gasteiger partial charge on any atom is 0.328 e. The molecule has 2 rings (SSSR count). The largest absolute Gasteiger partial charge is 0.467 e. The predicted molar refractivity (Wildman–Crippen MR) is 78.6 cm³/mol. The maximum absolute atomic E-state index is 12.2. The smallest absolute Gasteiger partial charge is 0.328 e. The van der Waals surface area contributed by atoms with Gasteiger partial charge in [-0.1, -0.05) is 11.6 Å². The Kier molecular flexibility index (Phi) is 4.52. The summed E-state index contributed by atoms with van der Waals surface area (Å²) >= 11 is 7.91. The van der Waals surface area contributed by atoms with Crippen LogP contribution in [-0.4, -0.2) is 35.2 Å². The van der Waals surface area contributed by atoms with Crippen LogP contribution in [0.3, 0.4) is 0 Å². The van der Waals surface area contributed by atoms with Crippen molar-refractivity contribution >= 4 is 57.9 Å². The van der Waals surface area contributed by atoms with E-state index in [2.05, 4.69) is 4.74 Å². The van der Waals surface area contributed by atoms with E-state index in [1.54, 1.807) is 18.2 Å². The number of carbonyl (C=O) groups excluding carboxylic acids is 3. The van der Waals surface area contributed by atoms with Crippen LogP contribution in [0.5, 0.6) is 0 Å². The molecule has 0 aliphatic carbocycles. The average Bonchev–Trinajstić information content (AvgIpc) is 2.93. The van der Waals surface area contributed by atoms with Crippen molar-refractivity contribution in [3.05, 3.63) is 26.3 Å². The van der Waals surface area contributed by atoms with Crippen molar-refractivity contribution in [2.75, 3.05) is 7.11 Å². The van der Waals surface area contributed by atoms with Crippen LogP contribution in [0.15, 0.2) is 17.0 Å². The molecule has 2 amide bonds. The quantitative estimate of drug-likeness (QED) is 0.629. The molecule has 1 aliphatic heterocycles. The molecule has 1 unspecified atom stereocenters. The second-order valence-electron chi connectivity index (χ2n) is 3.89. The van der Waals surface area contributed by atoms with Crippen LogP contribution >= 0.6 is 34.7 Å². The Hall–Kier alpha value is -1.31. The molecule has 1 atom stereocenters. The molecule has 1 aliphatic rings. The number of imide groups is 1. The van der Waals surface area contributed by atoms with Gasteiger partial charge in [0, 0.05) is 4.88 Å². The lowest BCUT2D eigenvalue weighted by molar-refractivity contribution is -0.148. The average molecular weight is 332 g/mol. The summed E-state index contributed by atoms with van der Waals surface area (Å²) in [5.74, 6) is -1.13. The molecule has 20 heavy (non-hydrogen) atoms. The van der Waals surface area contributed by atoms with E-state index in [-0.39, 0.29) is 4.91 Å². The van der Waals surface area contributed by atoms with E-state index < -0.39 is 23.2 Å². The van der Waals surface area contributed by atoms with Gasteiger partial charge in [0.25, 0.3) is 11.1 Å². The molecule has 0 N–H and O–H groups in total. The number of rotatable bonds is 3. The number of thiophene rings is 1. The highest BCUT2D eigenvalue weighted by molar-refractivity contribution is 8.18. The Morgan fingerprint density at radius 3 is 2.70 bits per heavy atom. The minimum absolute atomic E-state index is 0.268. The molecule has 5 nitrogen and oxygen atoms in total. The fraction of sp³-hybridized carbons (Fsp3) is 0.250. The van der Waals surface area contributed by atoms with Crippen molar-refractivity contribution in [1.82, 2.24) is 4.90 Å². The van der Waals surface area contributed by atoms with Crippen LogP contribution in [0.2, 0.25) is 4.34 Å². The number of esters is 1. The van der Waals surface area contributed by atoms with Gasteiger partial charge in [-0.05, 0) is 36.9 Å². The minimum Gasteiger partial charge on any atom is -0.467 e. The molecule has 0 bridgehead atoms. The molecule has 8 heteroatoms. The summed E-state index contributed by atoms with van der Waals surface area (Å²) in [4.78, 5) is 37.4. The van der Waals surface area contributed by atoms with Gasteiger partial charge in [-0.3, -0.25) is 14.5 Å². The summed E-state index contributed by atoms with van der Waals surface area (Å²) in [6.07, 6.45) is 1.59. The van der Waals surface area contributed by atoms with E-state index in [1.807, 2.05) is 0 Å². The van der Waals surface area contributed by atoms with Gasteiger partial charge >= 0.3 is 5.97 Å². The van der Waals surface area contributed by atoms with E-state index in [0.717, 1.165) is 21.5 Å². The van der Waals surface area contributed by atoms with Gasteiger partial charge in [0.05, 0.1) is 16.4 Å². The predicted octanol–water partition coefficient (Wildman–Crippen LogP) is 3.00. The van der Waals surface area contributed by atoms with Crippen LogP contribution < -0.4 is 0 Å². The summed E-state index contributed by atoms with van der Waals surface area (Å²) in [6.45, 7) is 1.45. The molecule has 0 radical (unpaired) electrons. The number of hydrogen-bond acceptors (Lipinski definition) is 6. The Morgan fingerprint density at radius 1 is 1.45 bits per heavy atom. The lowest BCUT2D eigenvalue weighted by atomic mass is 10.3. The highest BCUT2D eigenvalue weighted by Crippen LogP contribution is 2.35. The monoisotopic (exact) mass is 331 g/mol. The fourth-order valence-electron chi connectivity index (χ4n) is 1.62. The molecule has 2 heterocycles. The van der Waals surface area contributed by atoms with Crippen LogP contribution in [0.25, 0.3) is 6.08 Å². The second-order valence-corrected chi connectivity index (χ2v) is 6.63. The van der Waals surface area contributed by atoms with Gasteiger partial charge in [-0.25, -0.2) is 4.79 Å². The lowest BCUT2D eigenvalue weighted by Crippen LogP contribution is -2.42. The molecule has 1 aromatic rings. The van der Waals surface area contributed by atoms with Gasteiger partial charge in [0.1, 0.15) is 6.04 Å². The van der Waals surface area contributed by atoms with Crippen molar-refractivity contribution in [1.29, 1.82) is 0 Å². The molecular weight excluding hydrogens is 322 g/mol. The summed E-state index contributed by atoms with van der Waals surface area (Å²) < 4.78 is 5.14. The number of thioether (sulfide) groups is 1. The van der Waals surface area contributed by atoms with Crippen LogP contribution in [-0.2, 0) is 14.3 Å². The van der Waals surface area contributed by atoms with Crippen molar-refractivity contribution in [3.8, 4) is 0 Å². The summed E-state index contributed by atoms with van der Waals surface area (Å²) in [6, 6.07) is 2.52.